The lowest BCUT2D eigenvalue weighted by atomic mass is 10.2. The van der Waals surface area contributed by atoms with Crippen molar-refractivity contribution in [1.82, 2.24) is 9.97 Å². The van der Waals surface area contributed by atoms with Crippen molar-refractivity contribution in [3.63, 3.8) is 0 Å². The summed E-state index contributed by atoms with van der Waals surface area (Å²) in [4.78, 5) is 22.7. The Morgan fingerprint density at radius 2 is 1.55 bits per heavy atom. The molecule has 162 valence electrons. The lowest BCUT2D eigenvalue weighted by molar-refractivity contribution is -0.137. The van der Waals surface area contributed by atoms with E-state index in [0.29, 0.717) is 17.3 Å². The Bertz CT molecular complexity index is 1070. The highest BCUT2D eigenvalue weighted by Gasteiger charge is 2.30. The molecule has 2 amide bonds. The molecular formula is C21H21F3N6O. The Labute approximate surface area is 177 Å². The molecule has 1 heterocycles. The van der Waals surface area contributed by atoms with Crippen LogP contribution in [0.5, 0.6) is 0 Å². The highest BCUT2D eigenvalue weighted by Crippen LogP contribution is 2.30. The molecule has 0 atom stereocenters. The van der Waals surface area contributed by atoms with Crippen LogP contribution in [0.15, 0.2) is 54.6 Å². The summed E-state index contributed by atoms with van der Waals surface area (Å²) in [5.41, 5.74) is 0.425. The molecule has 0 aliphatic heterocycles. The van der Waals surface area contributed by atoms with Crippen LogP contribution in [0.4, 0.5) is 46.7 Å². The minimum atomic E-state index is -4.48. The van der Waals surface area contributed by atoms with E-state index in [1.54, 1.807) is 31.2 Å². The third-order valence-electron chi connectivity index (χ3n) is 4.15. The molecule has 0 saturated carbocycles. The number of hydrogen-bond acceptors (Lipinski definition) is 5. The zero-order chi connectivity index (χ0) is 22.6. The van der Waals surface area contributed by atoms with Crippen molar-refractivity contribution in [2.75, 3.05) is 34.9 Å². The molecule has 0 saturated heterocycles. The van der Waals surface area contributed by atoms with Crippen LogP contribution < -0.4 is 20.9 Å². The summed E-state index contributed by atoms with van der Waals surface area (Å²) in [6.45, 7) is 1.80. The Hall–Kier alpha value is -3.82. The minimum absolute atomic E-state index is 0.0430. The average Bonchev–Trinajstić information content (AvgIpc) is 2.68. The standard InChI is InChI=1S/C21H21F3N6O/c1-13-25-18(12-19(26-13)30(2)3)27-15-7-9-16(10-8-15)28-20(31)29-17-6-4-5-14(11-17)21(22,23)24/h4-12H,1-3H3,(H,25,26,27)(H2,28,29,31). The fraction of sp³-hybridized carbons (Fsp3) is 0.190. The minimum Gasteiger partial charge on any atom is -0.363 e. The van der Waals surface area contributed by atoms with Gasteiger partial charge in [0.15, 0.2) is 0 Å². The van der Waals surface area contributed by atoms with Gasteiger partial charge < -0.3 is 20.9 Å². The van der Waals surface area contributed by atoms with Crippen molar-refractivity contribution in [3.05, 3.63) is 66.0 Å². The first-order chi connectivity index (χ1) is 14.6. The summed E-state index contributed by atoms with van der Waals surface area (Å²) < 4.78 is 38.4. The predicted molar refractivity (Wildman–Crippen MR) is 115 cm³/mol. The van der Waals surface area contributed by atoms with E-state index in [0.717, 1.165) is 23.6 Å². The van der Waals surface area contributed by atoms with E-state index in [2.05, 4.69) is 25.9 Å². The summed E-state index contributed by atoms with van der Waals surface area (Å²) in [6.07, 6.45) is -4.48. The number of rotatable bonds is 5. The van der Waals surface area contributed by atoms with Gasteiger partial charge in [0.2, 0.25) is 0 Å². The second-order valence-electron chi connectivity index (χ2n) is 6.91. The second-order valence-corrected chi connectivity index (χ2v) is 6.91. The molecule has 31 heavy (non-hydrogen) atoms. The van der Waals surface area contributed by atoms with Crippen LogP contribution in [-0.4, -0.2) is 30.1 Å². The molecular weight excluding hydrogens is 409 g/mol. The summed E-state index contributed by atoms with van der Waals surface area (Å²) in [6, 6.07) is 12.4. The van der Waals surface area contributed by atoms with Gasteiger partial charge in [0.1, 0.15) is 17.5 Å². The normalized spacial score (nSPS) is 11.0. The molecule has 0 spiro atoms. The maximum absolute atomic E-state index is 12.8. The first-order valence-electron chi connectivity index (χ1n) is 9.25. The van der Waals surface area contributed by atoms with Crippen molar-refractivity contribution >= 4 is 34.7 Å². The number of nitrogens with zero attached hydrogens (tertiary/aromatic N) is 3. The number of anilines is 5. The molecule has 7 nitrogen and oxygen atoms in total. The number of urea groups is 1. The van der Waals surface area contributed by atoms with E-state index in [1.807, 2.05) is 25.1 Å². The van der Waals surface area contributed by atoms with Crippen molar-refractivity contribution in [2.45, 2.75) is 13.1 Å². The van der Waals surface area contributed by atoms with Gasteiger partial charge in [-0.15, -0.1) is 0 Å². The average molecular weight is 430 g/mol. The van der Waals surface area contributed by atoms with Crippen LogP contribution >= 0.6 is 0 Å². The molecule has 0 aliphatic rings. The van der Waals surface area contributed by atoms with Gasteiger partial charge in [-0.3, -0.25) is 0 Å². The fourth-order valence-electron chi connectivity index (χ4n) is 2.70. The van der Waals surface area contributed by atoms with Crippen molar-refractivity contribution in [1.29, 1.82) is 0 Å². The van der Waals surface area contributed by atoms with Gasteiger partial charge in [-0.05, 0) is 49.4 Å². The molecule has 2 aromatic carbocycles. The van der Waals surface area contributed by atoms with Crippen molar-refractivity contribution in [3.8, 4) is 0 Å². The summed E-state index contributed by atoms with van der Waals surface area (Å²) in [5.74, 6) is 2.01. The van der Waals surface area contributed by atoms with Crippen LogP contribution in [-0.2, 0) is 6.18 Å². The lowest BCUT2D eigenvalue weighted by Crippen LogP contribution is -2.19. The van der Waals surface area contributed by atoms with E-state index in [9.17, 15) is 18.0 Å². The van der Waals surface area contributed by atoms with E-state index in [1.165, 1.54) is 12.1 Å². The summed E-state index contributed by atoms with van der Waals surface area (Å²) >= 11 is 0. The van der Waals surface area contributed by atoms with E-state index in [4.69, 9.17) is 0 Å². The summed E-state index contributed by atoms with van der Waals surface area (Å²) in [7, 11) is 3.77. The Morgan fingerprint density at radius 3 is 2.19 bits per heavy atom. The smallest absolute Gasteiger partial charge is 0.363 e. The number of halogens is 3. The van der Waals surface area contributed by atoms with Gasteiger partial charge in [0.25, 0.3) is 0 Å². The third kappa shape index (κ3) is 6.08. The maximum atomic E-state index is 12.8. The molecule has 3 aromatic rings. The molecule has 0 aliphatic carbocycles. The van der Waals surface area contributed by atoms with E-state index < -0.39 is 17.8 Å². The van der Waals surface area contributed by atoms with E-state index >= 15 is 0 Å². The van der Waals surface area contributed by atoms with Gasteiger partial charge >= 0.3 is 12.2 Å². The van der Waals surface area contributed by atoms with Gasteiger partial charge in [-0.2, -0.15) is 13.2 Å². The second kappa shape index (κ2) is 8.90. The van der Waals surface area contributed by atoms with Crippen molar-refractivity contribution in [2.24, 2.45) is 0 Å². The number of aryl methyl sites for hydroxylation is 1. The quantitative estimate of drug-likeness (QED) is 0.515. The molecule has 0 fully saturated rings. The topological polar surface area (TPSA) is 82.2 Å². The highest BCUT2D eigenvalue weighted by atomic mass is 19.4. The van der Waals surface area contributed by atoms with Crippen LogP contribution in [0, 0.1) is 6.92 Å². The Kier molecular flexibility index (Phi) is 6.28. The number of carbonyl (C=O) groups excluding carboxylic acids is 1. The molecule has 3 rings (SSSR count). The lowest BCUT2D eigenvalue weighted by Gasteiger charge is -2.14. The molecule has 1 aromatic heterocycles. The maximum Gasteiger partial charge on any atom is 0.416 e. The number of aromatic nitrogens is 2. The van der Waals surface area contributed by atoms with Crippen LogP contribution in [0.1, 0.15) is 11.4 Å². The Balaban J connectivity index is 1.63. The van der Waals surface area contributed by atoms with Gasteiger partial charge in [0.05, 0.1) is 5.56 Å². The predicted octanol–water partition coefficient (Wildman–Crippen LogP) is 5.26. The van der Waals surface area contributed by atoms with Gasteiger partial charge in [-0.1, -0.05) is 6.07 Å². The number of alkyl halides is 3. The van der Waals surface area contributed by atoms with Crippen LogP contribution in [0.2, 0.25) is 0 Å². The molecule has 3 N–H and O–H groups in total. The van der Waals surface area contributed by atoms with Crippen molar-refractivity contribution < 1.29 is 18.0 Å². The number of carbonyl (C=O) groups is 1. The third-order valence-corrected chi connectivity index (χ3v) is 4.15. The summed E-state index contributed by atoms with van der Waals surface area (Å²) in [5, 5.41) is 8.14. The zero-order valence-electron chi connectivity index (χ0n) is 17.1. The molecule has 10 heteroatoms. The van der Waals surface area contributed by atoms with Gasteiger partial charge in [0, 0.05) is 37.2 Å². The number of amides is 2. The largest absolute Gasteiger partial charge is 0.416 e. The zero-order valence-corrected chi connectivity index (χ0v) is 17.1. The monoisotopic (exact) mass is 430 g/mol. The van der Waals surface area contributed by atoms with E-state index in [-0.39, 0.29) is 5.69 Å². The molecule has 0 unspecified atom stereocenters. The van der Waals surface area contributed by atoms with Crippen LogP contribution in [0.25, 0.3) is 0 Å². The molecule has 0 bridgehead atoms. The number of hydrogen-bond donors (Lipinski definition) is 3. The Morgan fingerprint density at radius 1 is 0.903 bits per heavy atom. The van der Waals surface area contributed by atoms with Crippen LogP contribution in [0.3, 0.4) is 0 Å². The molecule has 0 radical (unpaired) electrons. The first-order valence-corrected chi connectivity index (χ1v) is 9.25. The number of benzene rings is 2. The highest BCUT2D eigenvalue weighted by molar-refractivity contribution is 5.99. The number of nitrogens with one attached hydrogen (secondary N) is 3. The fourth-order valence-corrected chi connectivity index (χ4v) is 2.70. The first kappa shape index (κ1) is 21.9. The SMILES string of the molecule is Cc1nc(Nc2ccc(NC(=O)Nc3cccc(C(F)(F)F)c3)cc2)cc(N(C)C)n1. The van der Waals surface area contributed by atoms with Gasteiger partial charge in [-0.25, -0.2) is 14.8 Å².